The quantitative estimate of drug-likeness (QED) is 0.264. The fourth-order valence-electron chi connectivity index (χ4n) is 3.48. The number of amides is 1. The maximum absolute atomic E-state index is 12.8. The molecule has 2 aromatic heterocycles. The second-order valence-corrected chi connectivity index (χ2v) is 8.66. The van der Waals surface area contributed by atoms with Crippen LogP contribution < -0.4 is 10.7 Å². The molecule has 2 aromatic carbocycles. The summed E-state index contributed by atoms with van der Waals surface area (Å²) in [6.07, 6.45) is 0. The van der Waals surface area contributed by atoms with Crippen LogP contribution in [0.25, 0.3) is 0 Å². The van der Waals surface area contributed by atoms with E-state index in [0.717, 1.165) is 5.56 Å². The van der Waals surface area contributed by atoms with Crippen molar-refractivity contribution in [2.45, 2.75) is 20.4 Å². The molecule has 0 aliphatic rings. The van der Waals surface area contributed by atoms with E-state index < -0.39 is 12.6 Å². The minimum atomic E-state index is -0.673. The van der Waals surface area contributed by atoms with Gasteiger partial charge in [-0.3, -0.25) is 19.7 Å². The zero-order valence-electron chi connectivity index (χ0n) is 19.3. The smallest absolute Gasteiger partial charge is 0.358 e. The lowest BCUT2D eigenvalue weighted by Crippen LogP contribution is -2.25. The van der Waals surface area contributed by atoms with E-state index >= 15 is 0 Å². The lowest BCUT2D eigenvalue weighted by Gasteiger charge is -2.11. The van der Waals surface area contributed by atoms with Crippen LogP contribution in [0, 0.1) is 13.8 Å². The summed E-state index contributed by atoms with van der Waals surface area (Å²) in [5.74, 6) is -1.34. The van der Waals surface area contributed by atoms with Gasteiger partial charge in [-0.1, -0.05) is 48.5 Å². The molecule has 1 amide bonds. The SMILES string of the molecule is Cc1cc(C(=O)COC(=O)c2csc(NCc3ccccc3)n2)c(C)n1NC(=O)c1ccccc1. The Hall–Kier alpha value is -4.24. The van der Waals surface area contributed by atoms with Crippen LogP contribution in [0.5, 0.6) is 0 Å². The highest BCUT2D eigenvalue weighted by Gasteiger charge is 2.20. The van der Waals surface area contributed by atoms with Gasteiger partial charge in [-0.15, -0.1) is 11.3 Å². The molecule has 9 heteroatoms. The molecule has 0 aliphatic carbocycles. The van der Waals surface area contributed by atoms with Gasteiger partial charge in [-0.25, -0.2) is 9.78 Å². The van der Waals surface area contributed by atoms with Gasteiger partial charge in [-0.2, -0.15) is 0 Å². The molecular weight excluding hydrogens is 464 g/mol. The Balaban J connectivity index is 1.34. The molecule has 2 N–H and O–H groups in total. The number of nitrogens with one attached hydrogen (secondary N) is 2. The summed E-state index contributed by atoms with van der Waals surface area (Å²) in [5, 5.41) is 5.34. The van der Waals surface area contributed by atoms with Crippen molar-refractivity contribution in [1.82, 2.24) is 9.66 Å². The van der Waals surface area contributed by atoms with Crippen molar-refractivity contribution in [3.05, 3.63) is 106 Å². The molecule has 0 atom stereocenters. The number of esters is 1. The first-order valence-corrected chi connectivity index (χ1v) is 11.8. The number of Topliss-reactive ketones (excluding diaryl/α,β-unsaturated/α-hetero) is 1. The number of aryl methyl sites for hydroxylation is 1. The molecule has 8 nitrogen and oxygen atoms in total. The predicted molar refractivity (Wildman–Crippen MR) is 135 cm³/mol. The molecule has 0 aliphatic heterocycles. The number of carbonyl (C=O) groups is 3. The van der Waals surface area contributed by atoms with Crippen molar-refractivity contribution < 1.29 is 19.1 Å². The molecule has 0 fully saturated rings. The van der Waals surface area contributed by atoms with E-state index in [1.54, 1.807) is 54.2 Å². The van der Waals surface area contributed by atoms with Gasteiger partial charge in [0, 0.05) is 34.4 Å². The standard InChI is InChI=1S/C26H24N4O4S/c1-17-13-21(18(2)30(17)29-24(32)20-11-7-4-8-12-20)23(31)15-34-25(33)22-16-35-26(28-22)27-14-19-9-5-3-6-10-19/h3-13,16H,14-15H2,1-2H3,(H,27,28)(H,29,32). The van der Waals surface area contributed by atoms with Crippen molar-refractivity contribution in [3.8, 4) is 0 Å². The van der Waals surface area contributed by atoms with Crippen LogP contribution in [0.15, 0.2) is 72.1 Å². The monoisotopic (exact) mass is 488 g/mol. The van der Waals surface area contributed by atoms with Gasteiger partial charge < -0.3 is 10.1 Å². The molecule has 0 radical (unpaired) electrons. The molecule has 0 saturated heterocycles. The number of nitrogens with zero attached hydrogens (tertiary/aromatic N) is 2. The highest BCUT2D eigenvalue weighted by molar-refractivity contribution is 7.13. The van der Waals surface area contributed by atoms with Crippen molar-refractivity contribution in [2.24, 2.45) is 0 Å². The first-order valence-electron chi connectivity index (χ1n) is 10.9. The normalized spacial score (nSPS) is 10.6. The van der Waals surface area contributed by atoms with E-state index in [2.05, 4.69) is 15.7 Å². The Morgan fingerprint density at radius 3 is 2.40 bits per heavy atom. The largest absolute Gasteiger partial charge is 0.453 e. The number of benzene rings is 2. The fourth-order valence-corrected chi connectivity index (χ4v) is 4.16. The third-order valence-electron chi connectivity index (χ3n) is 5.32. The Kier molecular flexibility index (Phi) is 7.37. The Morgan fingerprint density at radius 1 is 1.00 bits per heavy atom. The Morgan fingerprint density at radius 2 is 1.69 bits per heavy atom. The van der Waals surface area contributed by atoms with Crippen LogP contribution >= 0.6 is 11.3 Å². The maximum Gasteiger partial charge on any atom is 0.358 e. The third kappa shape index (κ3) is 5.82. The van der Waals surface area contributed by atoms with E-state index in [0.29, 0.717) is 34.2 Å². The van der Waals surface area contributed by atoms with Gasteiger partial charge in [-0.05, 0) is 37.6 Å². The van der Waals surface area contributed by atoms with Crippen molar-refractivity contribution >= 4 is 34.1 Å². The van der Waals surface area contributed by atoms with Crippen LogP contribution in [0.3, 0.4) is 0 Å². The molecule has 0 unspecified atom stereocenters. The van der Waals surface area contributed by atoms with Crippen LogP contribution in [0.1, 0.15) is 48.2 Å². The zero-order valence-corrected chi connectivity index (χ0v) is 20.1. The summed E-state index contributed by atoms with van der Waals surface area (Å²) in [6, 6.07) is 20.3. The number of anilines is 1. The number of carbonyl (C=O) groups excluding carboxylic acids is 3. The molecule has 4 rings (SSSR count). The number of ether oxygens (including phenoxy) is 1. The summed E-state index contributed by atoms with van der Waals surface area (Å²) in [6.45, 7) is 3.65. The van der Waals surface area contributed by atoms with Gasteiger partial charge in [0.1, 0.15) is 0 Å². The topological polar surface area (TPSA) is 102 Å². The molecule has 178 valence electrons. The first kappa shape index (κ1) is 23.9. The zero-order chi connectivity index (χ0) is 24.8. The van der Waals surface area contributed by atoms with Crippen molar-refractivity contribution in [3.63, 3.8) is 0 Å². The summed E-state index contributed by atoms with van der Waals surface area (Å²) in [5.41, 5.74) is 6.12. The number of hydrogen-bond donors (Lipinski definition) is 2. The van der Waals surface area contributed by atoms with E-state index in [4.69, 9.17) is 4.74 Å². The third-order valence-corrected chi connectivity index (χ3v) is 6.12. The summed E-state index contributed by atoms with van der Waals surface area (Å²) >= 11 is 1.29. The lowest BCUT2D eigenvalue weighted by atomic mass is 10.1. The average molecular weight is 489 g/mol. The lowest BCUT2D eigenvalue weighted by molar-refractivity contribution is 0.0469. The van der Waals surface area contributed by atoms with Crippen LogP contribution in [-0.2, 0) is 11.3 Å². The number of thiazole rings is 1. The number of hydrogen-bond acceptors (Lipinski definition) is 7. The first-order chi connectivity index (χ1) is 16.9. The number of aromatic nitrogens is 2. The van der Waals surface area contributed by atoms with Crippen LogP contribution in [0.4, 0.5) is 5.13 Å². The van der Waals surface area contributed by atoms with E-state index in [-0.39, 0.29) is 17.4 Å². The van der Waals surface area contributed by atoms with Gasteiger partial charge >= 0.3 is 5.97 Å². The highest BCUT2D eigenvalue weighted by atomic mass is 32.1. The van der Waals surface area contributed by atoms with Gasteiger partial charge in [0.15, 0.2) is 17.4 Å². The fraction of sp³-hybridized carbons (Fsp3) is 0.154. The maximum atomic E-state index is 12.8. The van der Waals surface area contributed by atoms with Crippen LogP contribution in [0.2, 0.25) is 0 Å². The van der Waals surface area contributed by atoms with Crippen molar-refractivity contribution in [1.29, 1.82) is 0 Å². The molecular formula is C26H24N4O4S. The van der Waals surface area contributed by atoms with E-state index in [1.807, 2.05) is 36.4 Å². The molecule has 0 spiro atoms. The van der Waals surface area contributed by atoms with Gasteiger partial charge in [0.25, 0.3) is 5.91 Å². The van der Waals surface area contributed by atoms with E-state index in [1.165, 1.54) is 11.3 Å². The molecule has 4 aromatic rings. The highest BCUT2D eigenvalue weighted by Crippen LogP contribution is 2.18. The van der Waals surface area contributed by atoms with E-state index in [9.17, 15) is 14.4 Å². The number of ketones is 1. The van der Waals surface area contributed by atoms with Gasteiger partial charge in [0.2, 0.25) is 5.78 Å². The molecule has 2 heterocycles. The minimum Gasteiger partial charge on any atom is -0.453 e. The second kappa shape index (κ2) is 10.8. The molecule has 0 saturated carbocycles. The second-order valence-electron chi connectivity index (χ2n) is 7.80. The van der Waals surface area contributed by atoms with Crippen molar-refractivity contribution in [2.75, 3.05) is 17.3 Å². The average Bonchev–Trinajstić information content (AvgIpc) is 3.47. The molecule has 35 heavy (non-hydrogen) atoms. The predicted octanol–water partition coefficient (Wildman–Crippen LogP) is 4.60. The summed E-state index contributed by atoms with van der Waals surface area (Å²) < 4.78 is 6.76. The Bertz CT molecular complexity index is 1350. The summed E-state index contributed by atoms with van der Waals surface area (Å²) in [7, 11) is 0. The number of rotatable bonds is 9. The summed E-state index contributed by atoms with van der Waals surface area (Å²) in [4.78, 5) is 41.9. The van der Waals surface area contributed by atoms with Crippen LogP contribution in [-0.4, -0.2) is 33.9 Å². The van der Waals surface area contributed by atoms with Gasteiger partial charge in [0.05, 0.1) is 0 Å². The Labute approximate surface area is 206 Å². The molecule has 0 bridgehead atoms. The minimum absolute atomic E-state index is 0.138.